The fourth-order valence-electron chi connectivity index (χ4n) is 0.957. The van der Waals surface area contributed by atoms with Crippen LogP contribution in [0.4, 0.5) is 10.5 Å². The number of anilines is 1. The maximum atomic E-state index is 11.2. The molecule has 0 saturated heterocycles. The van der Waals surface area contributed by atoms with Crippen molar-refractivity contribution in [3.8, 4) is 15.6 Å². The molecule has 0 bridgehead atoms. The molecule has 4 nitrogen and oxygen atoms in total. The predicted octanol–water partition coefficient (Wildman–Crippen LogP) is 2.64. The smallest absolute Gasteiger partial charge is 0.412 e. The molecular formula is C11H10INO3. The Balaban J connectivity index is 2.45. The molecule has 1 N–H and O–H groups in total. The van der Waals surface area contributed by atoms with Crippen LogP contribution in [-0.2, 0) is 4.74 Å². The molecule has 0 fully saturated rings. The third kappa shape index (κ3) is 4.40. The monoisotopic (exact) mass is 331 g/mol. The van der Waals surface area contributed by atoms with Crippen molar-refractivity contribution in [2.75, 3.05) is 19.0 Å². The summed E-state index contributed by atoms with van der Waals surface area (Å²) in [4.78, 5) is 11.2. The Bertz CT molecular complexity index is 405. The van der Waals surface area contributed by atoms with E-state index in [1.54, 1.807) is 31.4 Å². The van der Waals surface area contributed by atoms with Crippen molar-refractivity contribution in [2.24, 2.45) is 0 Å². The Hall–Kier alpha value is -1.42. The van der Waals surface area contributed by atoms with Crippen molar-refractivity contribution in [2.45, 2.75) is 0 Å². The van der Waals surface area contributed by atoms with Crippen LogP contribution in [0.5, 0.6) is 5.75 Å². The van der Waals surface area contributed by atoms with Crippen molar-refractivity contribution < 1.29 is 14.3 Å². The predicted molar refractivity (Wildman–Crippen MR) is 69.8 cm³/mol. The number of carbonyl (C=O) groups is 1. The van der Waals surface area contributed by atoms with Crippen LogP contribution in [-0.4, -0.2) is 19.8 Å². The molecule has 0 saturated carbocycles. The highest BCUT2D eigenvalue weighted by atomic mass is 127. The molecule has 0 heterocycles. The van der Waals surface area contributed by atoms with Gasteiger partial charge in [-0.15, -0.1) is 0 Å². The molecule has 0 spiro atoms. The van der Waals surface area contributed by atoms with Gasteiger partial charge in [0.1, 0.15) is 5.75 Å². The Morgan fingerprint density at radius 2 is 2.12 bits per heavy atom. The SMILES string of the molecule is COc1ccc(NC(=O)OCC#CI)cc1. The molecule has 1 rings (SSSR count). The zero-order chi connectivity index (χ0) is 11.8. The molecule has 1 amide bonds. The van der Waals surface area contributed by atoms with Gasteiger partial charge in [0.2, 0.25) is 0 Å². The van der Waals surface area contributed by atoms with Gasteiger partial charge in [0.05, 0.1) is 7.11 Å². The van der Waals surface area contributed by atoms with Gasteiger partial charge >= 0.3 is 6.09 Å². The summed E-state index contributed by atoms with van der Waals surface area (Å²) in [5, 5.41) is 2.57. The van der Waals surface area contributed by atoms with Gasteiger partial charge in [0.25, 0.3) is 0 Å². The summed E-state index contributed by atoms with van der Waals surface area (Å²) in [5.41, 5.74) is 0.647. The summed E-state index contributed by atoms with van der Waals surface area (Å²) in [6.07, 6.45) is -0.524. The van der Waals surface area contributed by atoms with E-state index < -0.39 is 6.09 Å². The number of hydrogen-bond donors (Lipinski definition) is 1. The lowest BCUT2D eigenvalue weighted by molar-refractivity contribution is 0.176. The van der Waals surface area contributed by atoms with Gasteiger partial charge in [0.15, 0.2) is 6.61 Å². The zero-order valence-corrected chi connectivity index (χ0v) is 10.8. The van der Waals surface area contributed by atoms with Crippen LogP contribution in [0.2, 0.25) is 0 Å². The van der Waals surface area contributed by atoms with Crippen molar-refractivity contribution in [3.63, 3.8) is 0 Å². The van der Waals surface area contributed by atoms with E-state index >= 15 is 0 Å². The second kappa shape index (κ2) is 6.95. The highest BCUT2D eigenvalue weighted by Gasteiger charge is 2.01. The lowest BCUT2D eigenvalue weighted by Crippen LogP contribution is -2.13. The van der Waals surface area contributed by atoms with Gasteiger partial charge in [-0.05, 0) is 28.2 Å². The molecule has 1 aromatic carbocycles. The van der Waals surface area contributed by atoms with Crippen LogP contribution >= 0.6 is 22.6 Å². The van der Waals surface area contributed by atoms with E-state index in [1.165, 1.54) is 0 Å². The molecule has 0 aromatic heterocycles. The Morgan fingerprint density at radius 3 is 2.69 bits per heavy atom. The van der Waals surface area contributed by atoms with E-state index in [0.717, 1.165) is 5.75 Å². The minimum absolute atomic E-state index is 0.0882. The molecule has 0 unspecified atom stereocenters. The maximum Gasteiger partial charge on any atom is 0.412 e. The molecule has 0 atom stereocenters. The van der Waals surface area contributed by atoms with Gasteiger partial charge in [-0.2, -0.15) is 0 Å². The van der Waals surface area contributed by atoms with Crippen molar-refractivity contribution in [3.05, 3.63) is 24.3 Å². The standard InChI is InChI=1S/C11H10INO3/c1-15-10-5-3-9(4-6-10)13-11(14)16-8-2-7-12/h3-6H,8H2,1H3,(H,13,14). The lowest BCUT2D eigenvalue weighted by Gasteiger charge is -2.05. The van der Waals surface area contributed by atoms with Gasteiger partial charge in [-0.25, -0.2) is 4.79 Å². The average molecular weight is 331 g/mol. The topological polar surface area (TPSA) is 47.6 Å². The second-order valence-electron chi connectivity index (χ2n) is 2.70. The minimum Gasteiger partial charge on any atom is -0.497 e. The second-order valence-corrected chi connectivity index (χ2v) is 3.24. The van der Waals surface area contributed by atoms with Crippen LogP contribution < -0.4 is 10.1 Å². The molecule has 0 aliphatic carbocycles. The van der Waals surface area contributed by atoms with Gasteiger partial charge in [0, 0.05) is 28.3 Å². The van der Waals surface area contributed by atoms with E-state index in [4.69, 9.17) is 9.47 Å². The Kier molecular flexibility index (Phi) is 5.50. The Labute approximate surface area is 107 Å². The first-order valence-corrected chi connectivity index (χ1v) is 5.50. The largest absolute Gasteiger partial charge is 0.497 e. The van der Waals surface area contributed by atoms with Crippen molar-refractivity contribution in [1.82, 2.24) is 0 Å². The molecule has 1 aromatic rings. The summed E-state index contributed by atoms with van der Waals surface area (Å²) in [7, 11) is 1.58. The molecule has 0 aliphatic heterocycles. The third-order valence-electron chi connectivity index (χ3n) is 1.68. The number of methoxy groups -OCH3 is 1. The van der Waals surface area contributed by atoms with E-state index in [-0.39, 0.29) is 6.61 Å². The number of amides is 1. The van der Waals surface area contributed by atoms with Crippen molar-refractivity contribution in [1.29, 1.82) is 0 Å². The summed E-state index contributed by atoms with van der Waals surface area (Å²) in [6.45, 7) is 0.0882. The maximum absolute atomic E-state index is 11.2. The molecule has 84 valence electrons. The third-order valence-corrected chi connectivity index (χ3v) is 2.06. The van der Waals surface area contributed by atoms with Crippen LogP contribution in [0, 0.1) is 9.85 Å². The fourth-order valence-corrected chi connectivity index (χ4v) is 1.11. The molecule has 5 heteroatoms. The van der Waals surface area contributed by atoms with E-state index in [0.29, 0.717) is 5.69 Å². The summed E-state index contributed by atoms with van der Waals surface area (Å²) < 4.78 is 12.4. The normalized spacial score (nSPS) is 8.62. The van der Waals surface area contributed by atoms with E-state index in [1.807, 2.05) is 22.6 Å². The number of rotatable bonds is 3. The first kappa shape index (κ1) is 12.6. The highest BCUT2D eigenvalue weighted by Crippen LogP contribution is 2.14. The number of nitrogens with one attached hydrogen (secondary N) is 1. The number of carbonyl (C=O) groups excluding carboxylic acids is 1. The van der Waals surface area contributed by atoms with Gasteiger partial charge < -0.3 is 9.47 Å². The van der Waals surface area contributed by atoms with E-state index in [9.17, 15) is 4.79 Å². The van der Waals surface area contributed by atoms with Crippen LogP contribution in [0.25, 0.3) is 0 Å². The number of hydrogen-bond acceptors (Lipinski definition) is 3. The first-order valence-electron chi connectivity index (χ1n) is 4.42. The number of ether oxygens (including phenoxy) is 2. The average Bonchev–Trinajstić information content (AvgIpc) is 2.30. The number of benzene rings is 1. The van der Waals surface area contributed by atoms with E-state index in [2.05, 4.69) is 15.2 Å². The minimum atomic E-state index is -0.524. The van der Waals surface area contributed by atoms with Gasteiger partial charge in [-0.3, -0.25) is 5.32 Å². The molecular weight excluding hydrogens is 321 g/mol. The first-order chi connectivity index (χ1) is 7.76. The summed E-state index contributed by atoms with van der Waals surface area (Å²) in [5.74, 6) is 3.35. The highest BCUT2D eigenvalue weighted by molar-refractivity contribution is 14.1. The summed E-state index contributed by atoms with van der Waals surface area (Å²) >= 11 is 1.88. The summed E-state index contributed by atoms with van der Waals surface area (Å²) in [6, 6.07) is 6.95. The van der Waals surface area contributed by atoms with Crippen LogP contribution in [0.1, 0.15) is 0 Å². The quantitative estimate of drug-likeness (QED) is 0.684. The molecule has 0 aliphatic rings. The zero-order valence-electron chi connectivity index (χ0n) is 8.62. The van der Waals surface area contributed by atoms with Crippen molar-refractivity contribution >= 4 is 34.4 Å². The van der Waals surface area contributed by atoms with Crippen LogP contribution in [0.15, 0.2) is 24.3 Å². The number of halogens is 1. The fraction of sp³-hybridized carbons (Fsp3) is 0.182. The van der Waals surface area contributed by atoms with Crippen LogP contribution in [0.3, 0.4) is 0 Å². The lowest BCUT2D eigenvalue weighted by atomic mass is 10.3. The molecule has 16 heavy (non-hydrogen) atoms. The van der Waals surface area contributed by atoms with Gasteiger partial charge in [-0.1, -0.05) is 5.92 Å². The Morgan fingerprint density at radius 1 is 1.44 bits per heavy atom. The molecule has 0 radical (unpaired) electrons.